The molecule has 156 valence electrons. The van der Waals surface area contributed by atoms with Gasteiger partial charge in [-0.3, -0.25) is 9.78 Å². The summed E-state index contributed by atoms with van der Waals surface area (Å²) in [6.45, 7) is 0. The number of hydrogen-bond acceptors (Lipinski definition) is 6. The van der Waals surface area contributed by atoms with Crippen LogP contribution in [0.25, 0.3) is 33.7 Å². The number of benzene rings is 3. The lowest BCUT2D eigenvalue weighted by Crippen LogP contribution is -2.13. The monoisotopic (exact) mass is 422 g/mol. The Morgan fingerprint density at radius 1 is 0.938 bits per heavy atom. The fourth-order valence-electron chi connectivity index (χ4n) is 3.45. The highest BCUT2D eigenvalue weighted by Crippen LogP contribution is 2.29. The molecule has 2 heterocycles. The van der Waals surface area contributed by atoms with Gasteiger partial charge in [0.25, 0.3) is 11.8 Å². The molecular formula is C25H18N4O3. The van der Waals surface area contributed by atoms with Crippen molar-refractivity contribution in [2.45, 2.75) is 0 Å². The lowest BCUT2D eigenvalue weighted by atomic mass is 10.1. The zero-order valence-corrected chi connectivity index (χ0v) is 17.1. The normalized spacial score (nSPS) is 10.8. The molecule has 0 aliphatic rings. The number of pyridine rings is 1. The summed E-state index contributed by atoms with van der Waals surface area (Å²) in [5.74, 6) is 1.23. The van der Waals surface area contributed by atoms with Gasteiger partial charge in [0.1, 0.15) is 5.75 Å². The van der Waals surface area contributed by atoms with Crippen molar-refractivity contribution in [2.75, 3.05) is 12.4 Å². The molecule has 5 rings (SSSR count). The van der Waals surface area contributed by atoms with E-state index in [1.54, 1.807) is 25.4 Å². The van der Waals surface area contributed by atoms with Crippen molar-refractivity contribution in [3.63, 3.8) is 0 Å². The minimum Gasteiger partial charge on any atom is -0.497 e. The van der Waals surface area contributed by atoms with Gasteiger partial charge in [0.05, 0.1) is 29.4 Å². The zero-order valence-electron chi connectivity index (χ0n) is 17.1. The molecule has 1 amide bonds. The van der Waals surface area contributed by atoms with Crippen LogP contribution in [0.1, 0.15) is 10.4 Å². The number of nitrogens with zero attached hydrogens (tertiary/aromatic N) is 3. The summed E-state index contributed by atoms with van der Waals surface area (Å²) in [4.78, 5) is 21.9. The van der Waals surface area contributed by atoms with Crippen LogP contribution in [0.15, 0.2) is 89.6 Å². The number of amides is 1. The lowest BCUT2D eigenvalue weighted by molar-refractivity contribution is 0.102. The summed E-state index contributed by atoms with van der Waals surface area (Å²) in [7, 11) is 1.61. The van der Waals surface area contributed by atoms with Crippen LogP contribution in [0.3, 0.4) is 0 Å². The third-order valence-electron chi connectivity index (χ3n) is 5.06. The number of aromatic nitrogens is 3. The van der Waals surface area contributed by atoms with Gasteiger partial charge >= 0.3 is 0 Å². The average Bonchev–Trinajstić information content (AvgIpc) is 3.34. The summed E-state index contributed by atoms with van der Waals surface area (Å²) in [5, 5.41) is 7.94. The van der Waals surface area contributed by atoms with E-state index in [1.807, 2.05) is 66.7 Å². The summed E-state index contributed by atoms with van der Waals surface area (Å²) in [5.41, 5.74) is 3.12. The number of hydrogen-bond donors (Lipinski definition) is 1. The van der Waals surface area contributed by atoms with Crippen molar-refractivity contribution in [3.8, 4) is 28.6 Å². The Bertz CT molecular complexity index is 1410. The minimum atomic E-state index is -0.267. The molecule has 0 radical (unpaired) electrons. The zero-order chi connectivity index (χ0) is 21.9. The smallest absolute Gasteiger partial charge is 0.260 e. The van der Waals surface area contributed by atoms with Crippen LogP contribution in [-0.2, 0) is 0 Å². The van der Waals surface area contributed by atoms with Crippen LogP contribution in [0, 0.1) is 0 Å². The minimum absolute atomic E-state index is 0.267. The first-order valence-corrected chi connectivity index (χ1v) is 9.95. The highest BCUT2D eigenvalue weighted by atomic mass is 16.5. The van der Waals surface area contributed by atoms with Crippen molar-refractivity contribution in [3.05, 3.63) is 90.6 Å². The second-order valence-corrected chi connectivity index (χ2v) is 7.03. The molecular weight excluding hydrogens is 404 g/mol. The molecule has 0 aliphatic heterocycles. The Morgan fingerprint density at radius 2 is 1.75 bits per heavy atom. The van der Waals surface area contributed by atoms with Crippen molar-refractivity contribution < 1.29 is 14.1 Å². The summed E-state index contributed by atoms with van der Waals surface area (Å²) in [6, 6.07) is 24.0. The van der Waals surface area contributed by atoms with Crippen molar-refractivity contribution in [1.82, 2.24) is 15.1 Å². The first-order valence-electron chi connectivity index (χ1n) is 9.95. The molecule has 0 aliphatic carbocycles. The van der Waals surface area contributed by atoms with Crippen LogP contribution in [0.5, 0.6) is 5.75 Å². The van der Waals surface area contributed by atoms with Gasteiger partial charge in [0.2, 0.25) is 5.82 Å². The molecule has 2 aromatic heterocycles. The average molecular weight is 422 g/mol. The van der Waals surface area contributed by atoms with Gasteiger partial charge in [-0.15, -0.1) is 0 Å². The lowest BCUT2D eigenvalue weighted by Gasteiger charge is -2.10. The van der Waals surface area contributed by atoms with Gasteiger partial charge in [0.15, 0.2) is 0 Å². The number of methoxy groups -OCH3 is 1. The molecule has 0 saturated heterocycles. The molecule has 0 bridgehead atoms. The quantitative estimate of drug-likeness (QED) is 0.418. The topological polar surface area (TPSA) is 90.1 Å². The van der Waals surface area contributed by atoms with Gasteiger partial charge in [-0.05, 0) is 48.5 Å². The standard InChI is InChI=1S/C25H18N4O3/c1-31-18-13-11-17(12-14-18)23-28-25(32-29-23)19-8-2-3-10-21(19)27-24(30)20-9-4-6-16-7-5-15-26-22(16)20/h2-15H,1H3,(H,27,30). The number of ether oxygens (including phenoxy) is 1. The number of nitrogens with one attached hydrogen (secondary N) is 1. The summed E-state index contributed by atoms with van der Waals surface area (Å²) in [6.07, 6.45) is 1.67. The predicted octanol–water partition coefficient (Wildman–Crippen LogP) is 5.21. The molecule has 0 atom stereocenters. The number of carbonyl (C=O) groups excluding carboxylic acids is 1. The maximum absolute atomic E-state index is 13.1. The van der Waals surface area contributed by atoms with Gasteiger partial charge in [-0.2, -0.15) is 4.98 Å². The van der Waals surface area contributed by atoms with E-state index in [0.29, 0.717) is 34.0 Å². The molecule has 3 aromatic carbocycles. The molecule has 1 N–H and O–H groups in total. The molecule has 0 spiro atoms. The highest BCUT2D eigenvalue weighted by molar-refractivity contribution is 6.12. The molecule has 7 nitrogen and oxygen atoms in total. The first-order chi connectivity index (χ1) is 15.7. The highest BCUT2D eigenvalue weighted by Gasteiger charge is 2.17. The maximum atomic E-state index is 13.1. The predicted molar refractivity (Wildman–Crippen MR) is 121 cm³/mol. The van der Waals surface area contributed by atoms with Gasteiger partial charge in [-0.1, -0.05) is 35.5 Å². The second-order valence-electron chi connectivity index (χ2n) is 7.03. The van der Waals surface area contributed by atoms with E-state index in [-0.39, 0.29) is 5.91 Å². The van der Waals surface area contributed by atoms with Crippen LogP contribution in [0.4, 0.5) is 5.69 Å². The van der Waals surface area contributed by atoms with E-state index in [2.05, 4.69) is 20.4 Å². The van der Waals surface area contributed by atoms with E-state index in [4.69, 9.17) is 9.26 Å². The number of rotatable bonds is 5. The largest absolute Gasteiger partial charge is 0.497 e. The van der Waals surface area contributed by atoms with Crippen LogP contribution < -0.4 is 10.1 Å². The van der Waals surface area contributed by atoms with Gasteiger partial charge in [-0.25, -0.2) is 0 Å². The number of anilines is 1. The molecule has 5 aromatic rings. The second kappa shape index (κ2) is 8.31. The Labute approximate surface area is 183 Å². The SMILES string of the molecule is COc1ccc(-c2noc(-c3ccccc3NC(=O)c3cccc4cccnc34)n2)cc1. The van der Waals surface area contributed by atoms with Crippen LogP contribution >= 0.6 is 0 Å². The molecule has 0 saturated carbocycles. The number of fused-ring (bicyclic) bond motifs is 1. The maximum Gasteiger partial charge on any atom is 0.260 e. The van der Waals surface area contributed by atoms with E-state index in [9.17, 15) is 4.79 Å². The van der Waals surface area contributed by atoms with E-state index < -0.39 is 0 Å². The molecule has 32 heavy (non-hydrogen) atoms. The van der Waals surface area contributed by atoms with Gasteiger partial charge in [0, 0.05) is 17.1 Å². The third kappa shape index (κ3) is 3.67. The molecule has 0 fully saturated rings. The van der Waals surface area contributed by atoms with Gasteiger partial charge < -0.3 is 14.6 Å². The number of carbonyl (C=O) groups is 1. The fraction of sp³-hybridized carbons (Fsp3) is 0.0400. The van der Waals surface area contributed by atoms with E-state index >= 15 is 0 Å². The Hall–Kier alpha value is -4.52. The van der Waals surface area contributed by atoms with Crippen molar-refractivity contribution in [1.29, 1.82) is 0 Å². The first kappa shape index (κ1) is 19.4. The fourth-order valence-corrected chi connectivity index (χ4v) is 3.45. The summed E-state index contributed by atoms with van der Waals surface area (Å²) >= 11 is 0. The third-order valence-corrected chi connectivity index (χ3v) is 5.06. The molecule has 0 unspecified atom stereocenters. The van der Waals surface area contributed by atoms with Crippen LogP contribution in [-0.4, -0.2) is 28.1 Å². The van der Waals surface area contributed by atoms with E-state index in [0.717, 1.165) is 16.7 Å². The van der Waals surface area contributed by atoms with Crippen molar-refractivity contribution >= 4 is 22.5 Å². The Morgan fingerprint density at radius 3 is 2.59 bits per heavy atom. The number of para-hydroxylation sites is 2. The Balaban J connectivity index is 1.46. The van der Waals surface area contributed by atoms with E-state index in [1.165, 1.54) is 0 Å². The van der Waals surface area contributed by atoms with Crippen molar-refractivity contribution in [2.24, 2.45) is 0 Å². The summed E-state index contributed by atoms with van der Waals surface area (Å²) < 4.78 is 10.7. The molecule has 7 heteroatoms. The van der Waals surface area contributed by atoms with Crippen LogP contribution in [0.2, 0.25) is 0 Å². The Kier molecular flexibility index (Phi) is 5.05.